The van der Waals surface area contributed by atoms with Crippen molar-refractivity contribution in [1.29, 1.82) is 0 Å². The van der Waals surface area contributed by atoms with Gasteiger partial charge in [0.05, 0.1) is 11.4 Å². The standard InChI is InChI=1S/C17H21FN2O3S/c1-17-8-7-15(21)20(17)14(11-24-17)16(22)19(2)9-10-23-13-5-3-12(18)4-6-13/h3-6,14H,7-11H2,1-2H3. The lowest BCUT2D eigenvalue weighted by Crippen LogP contribution is -2.51. The van der Waals surface area contributed by atoms with Crippen molar-refractivity contribution in [2.45, 2.75) is 30.7 Å². The average molecular weight is 352 g/mol. The second kappa shape index (κ2) is 6.63. The molecule has 1 aromatic rings. The predicted octanol–water partition coefficient (Wildman–Crippen LogP) is 2.12. The van der Waals surface area contributed by atoms with E-state index < -0.39 is 0 Å². The maximum atomic E-state index is 12.8. The first-order valence-electron chi connectivity index (χ1n) is 8.00. The molecule has 1 aromatic carbocycles. The molecule has 7 heteroatoms. The molecule has 0 saturated carbocycles. The van der Waals surface area contributed by atoms with Gasteiger partial charge in [-0.25, -0.2) is 4.39 Å². The number of thioether (sulfide) groups is 1. The van der Waals surface area contributed by atoms with Gasteiger partial charge in [-0.1, -0.05) is 0 Å². The van der Waals surface area contributed by atoms with Crippen LogP contribution >= 0.6 is 11.8 Å². The second-order valence-electron chi connectivity index (χ2n) is 6.33. The molecule has 2 atom stereocenters. The maximum Gasteiger partial charge on any atom is 0.246 e. The van der Waals surface area contributed by atoms with Gasteiger partial charge in [-0.15, -0.1) is 11.8 Å². The summed E-state index contributed by atoms with van der Waals surface area (Å²) in [5.74, 6) is 0.910. The zero-order chi connectivity index (χ0) is 17.3. The number of carbonyl (C=O) groups is 2. The molecule has 5 nitrogen and oxygen atoms in total. The number of benzene rings is 1. The van der Waals surface area contributed by atoms with Gasteiger partial charge in [-0.05, 0) is 37.6 Å². The largest absolute Gasteiger partial charge is 0.492 e. The van der Waals surface area contributed by atoms with Crippen molar-refractivity contribution < 1.29 is 18.7 Å². The van der Waals surface area contributed by atoms with Gasteiger partial charge in [0, 0.05) is 19.2 Å². The van der Waals surface area contributed by atoms with Gasteiger partial charge >= 0.3 is 0 Å². The van der Waals surface area contributed by atoms with Crippen molar-refractivity contribution in [3.8, 4) is 5.75 Å². The van der Waals surface area contributed by atoms with E-state index in [1.807, 2.05) is 6.92 Å². The molecular weight excluding hydrogens is 331 g/mol. The minimum absolute atomic E-state index is 0.0517. The molecule has 0 radical (unpaired) electrons. The number of carbonyl (C=O) groups excluding carboxylic acids is 2. The molecule has 2 aliphatic heterocycles. The Kier molecular flexibility index (Phi) is 4.71. The van der Waals surface area contributed by atoms with Crippen molar-refractivity contribution in [3.05, 3.63) is 30.1 Å². The fourth-order valence-electron chi connectivity index (χ4n) is 3.20. The van der Waals surface area contributed by atoms with Crippen molar-refractivity contribution in [1.82, 2.24) is 9.80 Å². The molecule has 2 aliphatic rings. The molecule has 0 aromatic heterocycles. The van der Waals surface area contributed by atoms with Crippen LogP contribution in [0.15, 0.2) is 24.3 Å². The third kappa shape index (κ3) is 3.22. The van der Waals surface area contributed by atoms with Crippen LogP contribution in [0.1, 0.15) is 19.8 Å². The van der Waals surface area contributed by atoms with E-state index in [-0.39, 0.29) is 28.5 Å². The molecule has 0 N–H and O–H groups in total. The lowest BCUT2D eigenvalue weighted by molar-refractivity contribution is -0.143. The van der Waals surface area contributed by atoms with Crippen LogP contribution in [-0.4, -0.2) is 58.5 Å². The molecule has 0 spiro atoms. The van der Waals surface area contributed by atoms with Gasteiger partial charge in [0.1, 0.15) is 24.2 Å². The molecule has 2 amide bonds. The smallest absolute Gasteiger partial charge is 0.246 e. The number of amides is 2. The van der Waals surface area contributed by atoms with Gasteiger partial charge in [-0.2, -0.15) is 0 Å². The number of likely N-dealkylation sites (N-methyl/N-ethyl adjacent to an activating group) is 1. The molecule has 2 saturated heterocycles. The van der Waals surface area contributed by atoms with Crippen LogP contribution in [0, 0.1) is 5.82 Å². The lowest BCUT2D eigenvalue weighted by atomic mass is 10.2. The highest BCUT2D eigenvalue weighted by atomic mass is 32.2. The van der Waals surface area contributed by atoms with Crippen LogP contribution in [0.5, 0.6) is 5.75 Å². The summed E-state index contributed by atoms with van der Waals surface area (Å²) in [5, 5.41) is 0. The maximum absolute atomic E-state index is 12.8. The SMILES string of the molecule is CN(CCOc1ccc(F)cc1)C(=O)C1CSC2(C)CCC(=O)N12. The summed E-state index contributed by atoms with van der Waals surface area (Å²) in [5.41, 5.74) is 0. The number of nitrogens with zero attached hydrogens (tertiary/aromatic N) is 2. The Morgan fingerprint density at radius 1 is 1.46 bits per heavy atom. The summed E-state index contributed by atoms with van der Waals surface area (Å²) in [4.78, 5) is 27.9. The monoisotopic (exact) mass is 352 g/mol. The Labute approximate surface area is 145 Å². The summed E-state index contributed by atoms with van der Waals surface area (Å²) in [6.45, 7) is 2.77. The molecular formula is C17H21FN2O3S. The van der Waals surface area contributed by atoms with E-state index in [9.17, 15) is 14.0 Å². The Balaban J connectivity index is 1.53. The number of hydrogen-bond donors (Lipinski definition) is 0. The van der Waals surface area contributed by atoms with Crippen LogP contribution in [0.4, 0.5) is 4.39 Å². The normalized spacial score (nSPS) is 25.7. The molecule has 2 unspecified atom stereocenters. The second-order valence-corrected chi connectivity index (χ2v) is 7.83. The molecule has 0 bridgehead atoms. The fourth-order valence-corrected chi connectivity index (χ4v) is 4.62. The Morgan fingerprint density at radius 2 is 2.17 bits per heavy atom. The molecule has 2 heterocycles. The number of halogens is 1. The summed E-state index contributed by atoms with van der Waals surface area (Å²) >= 11 is 1.69. The number of fused-ring (bicyclic) bond motifs is 1. The van der Waals surface area contributed by atoms with Crippen molar-refractivity contribution >= 4 is 23.6 Å². The Hall–Kier alpha value is -1.76. The van der Waals surface area contributed by atoms with Gasteiger partial charge in [0.15, 0.2) is 0 Å². The quantitative estimate of drug-likeness (QED) is 0.814. The fraction of sp³-hybridized carbons (Fsp3) is 0.529. The lowest BCUT2D eigenvalue weighted by Gasteiger charge is -2.31. The molecule has 0 aliphatic carbocycles. The highest BCUT2D eigenvalue weighted by Crippen LogP contribution is 2.47. The van der Waals surface area contributed by atoms with Gasteiger partial charge in [-0.3, -0.25) is 9.59 Å². The third-order valence-electron chi connectivity index (χ3n) is 4.62. The summed E-state index contributed by atoms with van der Waals surface area (Å²) in [6, 6.07) is 5.39. The Bertz CT molecular complexity index is 639. The summed E-state index contributed by atoms with van der Waals surface area (Å²) < 4.78 is 18.4. The Morgan fingerprint density at radius 3 is 2.88 bits per heavy atom. The molecule has 2 fully saturated rings. The van der Waals surface area contributed by atoms with Crippen LogP contribution in [0.3, 0.4) is 0 Å². The summed E-state index contributed by atoms with van der Waals surface area (Å²) in [6.07, 6.45) is 1.32. The zero-order valence-corrected chi connectivity index (χ0v) is 14.6. The topological polar surface area (TPSA) is 49.9 Å². The first-order chi connectivity index (χ1) is 11.4. The van der Waals surface area contributed by atoms with E-state index in [1.54, 1.807) is 40.7 Å². The van der Waals surface area contributed by atoms with Crippen LogP contribution in [0.25, 0.3) is 0 Å². The number of hydrogen-bond acceptors (Lipinski definition) is 4. The van der Waals surface area contributed by atoms with E-state index in [1.165, 1.54) is 12.1 Å². The minimum atomic E-state index is -0.383. The third-order valence-corrected chi connectivity index (χ3v) is 6.12. The highest BCUT2D eigenvalue weighted by molar-refractivity contribution is 8.01. The zero-order valence-electron chi connectivity index (χ0n) is 13.8. The van der Waals surface area contributed by atoms with Gasteiger partial charge in [0.25, 0.3) is 0 Å². The van der Waals surface area contributed by atoms with E-state index in [0.717, 1.165) is 6.42 Å². The van der Waals surface area contributed by atoms with E-state index >= 15 is 0 Å². The summed E-state index contributed by atoms with van der Waals surface area (Å²) in [7, 11) is 1.72. The van der Waals surface area contributed by atoms with Gasteiger partial charge in [0.2, 0.25) is 11.8 Å². The predicted molar refractivity (Wildman–Crippen MR) is 90.3 cm³/mol. The van der Waals surface area contributed by atoms with Crippen LogP contribution < -0.4 is 4.74 Å². The first kappa shape index (κ1) is 17.1. The van der Waals surface area contributed by atoms with Crippen molar-refractivity contribution in [3.63, 3.8) is 0 Å². The van der Waals surface area contributed by atoms with Crippen LogP contribution in [0.2, 0.25) is 0 Å². The van der Waals surface area contributed by atoms with Gasteiger partial charge < -0.3 is 14.5 Å². The highest BCUT2D eigenvalue weighted by Gasteiger charge is 2.53. The number of ether oxygens (including phenoxy) is 1. The first-order valence-corrected chi connectivity index (χ1v) is 8.99. The molecule has 24 heavy (non-hydrogen) atoms. The minimum Gasteiger partial charge on any atom is -0.492 e. The van der Waals surface area contributed by atoms with Crippen LogP contribution in [-0.2, 0) is 9.59 Å². The van der Waals surface area contributed by atoms with E-state index in [4.69, 9.17) is 4.74 Å². The van der Waals surface area contributed by atoms with Crippen molar-refractivity contribution in [2.75, 3.05) is 26.0 Å². The van der Waals surface area contributed by atoms with E-state index in [0.29, 0.717) is 31.1 Å². The van der Waals surface area contributed by atoms with E-state index in [2.05, 4.69) is 0 Å². The molecule has 3 rings (SSSR count). The average Bonchev–Trinajstić information content (AvgIpc) is 3.05. The van der Waals surface area contributed by atoms with Crippen molar-refractivity contribution in [2.24, 2.45) is 0 Å². The molecule has 130 valence electrons. The number of rotatable bonds is 5.